The maximum Gasteiger partial charge on any atom is 0.247 e. The Balaban J connectivity index is 0.000000428. The molecule has 0 aliphatic heterocycles. The molecule has 0 spiro atoms. The second-order valence-corrected chi connectivity index (χ2v) is 23.1. The molecule has 0 fully saturated rings. The van der Waals surface area contributed by atoms with Crippen LogP contribution in [0, 0.1) is 12.1 Å². The van der Waals surface area contributed by atoms with Crippen LogP contribution in [0.25, 0.3) is 150 Å². The molecular weight excluding hydrogens is 1340 g/mol. The van der Waals surface area contributed by atoms with E-state index in [1.807, 2.05) is 67.3 Å². The van der Waals surface area contributed by atoms with Crippen LogP contribution >= 0.6 is 0 Å². The number of benzene rings is 12. The van der Waals surface area contributed by atoms with Crippen LogP contribution in [0.4, 0.5) is 0 Å². The first-order chi connectivity index (χ1) is 46.5. The monoisotopic (exact) mass is 1400 g/mol. The third kappa shape index (κ3) is 12.6. The van der Waals surface area contributed by atoms with Gasteiger partial charge in [0.25, 0.3) is 0 Å². The SMILES string of the molecule is O=C(O)c1[c-]cc(-c2ccccc2)cc1.[Ir].[c-]1ccccc1-c1cc(-c2ccc3c(c2)c2ccccc2n3-c2ccccc2)c(-c2ccccc2-c2cc(-c3ccccc3-c3cncc(-c4ccccc4)c3)cc(-c3ccccc3-c3cncc(-c4ccccc4)c3)c2)cn1. The van der Waals surface area contributed by atoms with Crippen molar-refractivity contribution in [3.8, 4) is 128 Å². The number of rotatable bonds is 13. The molecule has 95 heavy (non-hydrogen) atoms. The van der Waals surface area contributed by atoms with Crippen molar-refractivity contribution < 1.29 is 30.0 Å². The summed E-state index contributed by atoms with van der Waals surface area (Å²) < 4.78 is 2.37. The Kier molecular flexibility index (Phi) is 17.5. The van der Waals surface area contributed by atoms with Gasteiger partial charge in [0.15, 0.2) is 0 Å². The maximum atomic E-state index is 10.6. The predicted molar refractivity (Wildman–Crippen MR) is 385 cm³/mol. The zero-order valence-electron chi connectivity index (χ0n) is 51.4. The van der Waals surface area contributed by atoms with E-state index >= 15 is 0 Å². The summed E-state index contributed by atoms with van der Waals surface area (Å²) in [5.41, 5.74) is 27.0. The van der Waals surface area contributed by atoms with E-state index in [1.54, 1.807) is 18.2 Å². The fraction of sp³-hybridized carbons (Fsp3) is 0. The molecule has 0 unspecified atom stereocenters. The summed E-state index contributed by atoms with van der Waals surface area (Å²) in [4.78, 5) is 25.5. The molecule has 12 aromatic carbocycles. The molecule has 6 nitrogen and oxygen atoms in total. The van der Waals surface area contributed by atoms with E-state index in [0.717, 1.165) is 134 Å². The van der Waals surface area contributed by atoms with Crippen LogP contribution in [-0.4, -0.2) is 30.6 Å². The molecule has 1 radical (unpaired) electrons. The van der Waals surface area contributed by atoms with Gasteiger partial charge in [-0.2, -0.15) is 0 Å². The van der Waals surface area contributed by atoms with Crippen molar-refractivity contribution in [3.63, 3.8) is 0 Å². The second-order valence-electron chi connectivity index (χ2n) is 23.1. The van der Waals surface area contributed by atoms with E-state index in [2.05, 4.69) is 278 Å². The Morgan fingerprint density at radius 2 is 0.758 bits per heavy atom. The van der Waals surface area contributed by atoms with E-state index in [9.17, 15) is 4.79 Å². The number of carboxylic acid groups (broad SMARTS) is 1. The van der Waals surface area contributed by atoms with Crippen molar-refractivity contribution in [1.82, 2.24) is 19.5 Å². The summed E-state index contributed by atoms with van der Waals surface area (Å²) in [6, 6.07) is 116. The molecule has 453 valence electrons. The molecule has 16 rings (SSSR count). The van der Waals surface area contributed by atoms with Gasteiger partial charge < -0.3 is 19.5 Å². The average Bonchev–Trinajstić information content (AvgIpc) is 1.66. The summed E-state index contributed by atoms with van der Waals surface area (Å²) in [6.07, 6.45) is 9.93. The largest absolute Gasteiger partial charge is 0.521 e. The number of nitrogens with zero attached hydrogens (tertiary/aromatic N) is 4. The number of fused-ring (bicyclic) bond motifs is 3. The molecule has 0 saturated heterocycles. The van der Waals surface area contributed by atoms with Crippen molar-refractivity contribution >= 4 is 27.8 Å². The van der Waals surface area contributed by atoms with Crippen LogP contribution < -0.4 is 0 Å². The molecule has 0 aliphatic carbocycles. The molecule has 0 bridgehead atoms. The van der Waals surface area contributed by atoms with Gasteiger partial charge in [-0.25, -0.2) is 0 Å². The Bertz CT molecular complexity index is 5240. The molecule has 1 N–H and O–H groups in total. The molecule has 0 atom stereocenters. The topological polar surface area (TPSA) is 80.9 Å². The van der Waals surface area contributed by atoms with E-state index in [1.165, 1.54) is 16.3 Å². The first-order valence-corrected chi connectivity index (χ1v) is 31.3. The molecule has 0 saturated carbocycles. The smallest absolute Gasteiger partial charge is 0.247 e. The summed E-state index contributed by atoms with van der Waals surface area (Å²) in [5.74, 6) is -0.949. The van der Waals surface area contributed by atoms with Crippen LogP contribution in [0.5, 0.6) is 0 Å². The third-order valence-electron chi connectivity index (χ3n) is 17.3. The number of para-hydroxylation sites is 2. The van der Waals surface area contributed by atoms with Crippen LogP contribution in [-0.2, 0) is 20.1 Å². The van der Waals surface area contributed by atoms with Gasteiger partial charge in [0.2, 0.25) is 5.97 Å². The van der Waals surface area contributed by atoms with E-state index < -0.39 is 5.97 Å². The van der Waals surface area contributed by atoms with Gasteiger partial charge in [-0.05, 0) is 139 Å². The molecule has 4 heterocycles. The van der Waals surface area contributed by atoms with Gasteiger partial charge in [0.05, 0.1) is 11.0 Å². The third-order valence-corrected chi connectivity index (χ3v) is 17.3. The van der Waals surface area contributed by atoms with Crippen molar-refractivity contribution in [1.29, 1.82) is 0 Å². The Labute approximate surface area is 565 Å². The number of aromatic nitrogens is 4. The van der Waals surface area contributed by atoms with Gasteiger partial charge in [-0.1, -0.05) is 229 Å². The Morgan fingerprint density at radius 1 is 0.316 bits per heavy atom. The predicted octanol–water partition coefficient (Wildman–Crippen LogP) is 22.3. The second kappa shape index (κ2) is 27.5. The minimum Gasteiger partial charge on any atom is -0.521 e. The molecule has 0 amide bonds. The normalized spacial score (nSPS) is 10.9. The molecular formula is C88H58IrN4O2-2. The molecule has 16 aromatic rings. The number of carbonyl (C=O) groups is 1. The Morgan fingerprint density at radius 3 is 1.28 bits per heavy atom. The van der Waals surface area contributed by atoms with E-state index in [4.69, 9.17) is 20.1 Å². The number of carboxylic acids is 1. The van der Waals surface area contributed by atoms with Crippen molar-refractivity contribution in [2.75, 3.05) is 0 Å². The van der Waals surface area contributed by atoms with Crippen LogP contribution in [0.2, 0.25) is 0 Å². The summed E-state index contributed by atoms with van der Waals surface area (Å²) in [6.45, 7) is 0. The summed E-state index contributed by atoms with van der Waals surface area (Å²) in [5, 5.41) is 11.1. The number of aromatic carboxylic acids is 1. The van der Waals surface area contributed by atoms with Crippen LogP contribution in [0.1, 0.15) is 10.4 Å². The fourth-order valence-electron chi connectivity index (χ4n) is 12.8. The molecule has 0 aliphatic rings. The number of hydrogen-bond donors (Lipinski definition) is 1. The minimum atomic E-state index is -0.949. The fourth-order valence-corrected chi connectivity index (χ4v) is 12.8. The molecule has 7 heteroatoms. The zero-order chi connectivity index (χ0) is 63.2. The van der Waals surface area contributed by atoms with Gasteiger partial charge >= 0.3 is 0 Å². The quantitative estimate of drug-likeness (QED) is 0.116. The van der Waals surface area contributed by atoms with Crippen molar-refractivity contribution in [2.45, 2.75) is 0 Å². The molecule has 4 aromatic heterocycles. The number of pyridine rings is 3. The maximum absolute atomic E-state index is 10.6. The van der Waals surface area contributed by atoms with Crippen molar-refractivity contribution in [2.24, 2.45) is 0 Å². The van der Waals surface area contributed by atoms with Crippen LogP contribution in [0.15, 0.2) is 346 Å². The number of hydrogen-bond acceptors (Lipinski definition) is 4. The van der Waals surface area contributed by atoms with E-state index in [0.29, 0.717) is 0 Å². The minimum absolute atomic E-state index is 0. The Hall–Kier alpha value is -12.0. The first-order valence-electron chi connectivity index (χ1n) is 31.3. The van der Waals surface area contributed by atoms with Gasteiger partial charge in [0, 0.05) is 95.4 Å². The summed E-state index contributed by atoms with van der Waals surface area (Å²) in [7, 11) is 0. The first kappa shape index (κ1) is 60.6. The van der Waals surface area contributed by atoms with Crippen molar-refractivity contribution in [3.05, 3.63) is 364 Å². The van der Waals surface area contributed by atoms with Gasteiger partial charge in [-0.3, -0.25) is 9.97 Å². The van der Waals surface area contributed by atoms with Gasteiger partial charge in [-0.15, -0.1) is 60.2 Å². The summed E-state index contributed by atoms with van der Waals surface area (Å²) >= 11 is 0. The zero-order valence-corrected chi connectivity index (χ0v) is 53.8. The standard InChI is InChI=1S/C75H49N4.C13H9O2.Ir/c1-5-21-51(22-6-1)58-42-60(48-76-46-58)66-32-15-13-29-63(66)55-39-56(64-30-14-16-33-67(64)61-43-59(47-77-49-61)52-23-7-2-8-24-52)41-57(40-55)65-31-17-18-34-68(65)72-50-78-73(53-25-9-3-10-26-53)45-70(72)54-37-38-75-71(44-54)69-35-19-20-36-74(69)79(75)62-27-11-4-12-28-62;14-13(15)12-8-6-11(7-9-12)10-4-2-1-3-5-10;/h1-25,27-50H;1-8H,(H,14,15);/q2*-1;. The average molecular weight is 1400 g/mol. The van der Waals surface area contributed by atoms with E-state index in [-0.39, 0.29) is 25.7 Å². The van der Waals surface area contributed by atoms with Gasteiger partial charge in [0.1, 0.15) is 0 Å². The van der Waals surface area contributed by atoms with Crippen LogP contribution in [0.3, 0.4) is 0 Å².